The summed E-state index contributed by atoms with van der Waals surface area (Å²) >= 11 is 0. The number of halogens is 7. The van der Waals surface area contributed by atoms with Crippen LogP contribution in [0.4, 0.5) is 36.4 Å². The Morgan fingerprint density at radius 2 is 1.45 bits per heavy atom. The Balaban J connectivity index is 3.57. The van der Waals surface area contributed by atoms with Crippen molar-refractivity contribution in [1.29, 1.82) is 0 Å². The van der Waals surface area contributed by atoms with Crippen LogP contribution in [0.5, 0.6) is 0 Å². The lowest BCUT2D eigenvalue weighted by Gasteiger charge is -2.31. The molecule has 1 aromatic rings. The van der Waals surface area contributed by atoms with E-state index >= 15 is 0 Å². The van der Waals surface area contributed by atoms with Crippen molar-refractivity contribution in [2.24, 2.45) is 0 Å². The van der Waals surface area contributed by atoms with E-state index in [2.05, 4.69) is 0 Å². The zero-order valence-corrected chi connectivity index (χ0v) is 9.64. The fourth-order valence-electron chi connectivity index (χ4n) is 1.61. The van der Waals surface area contributed by atoms with E-state index in [1.807, 2.05) is 0 Å². The Bertz CT molecular complexity index is 521. The van der Waals surface area contributed by atoms with Gasteiger partial charge in [0, 0.05) is 17.7 Å². The molecule has 20 heavy (non-hydrogen) atoms. The van der Waals surface area contributed by atoms with Crippen molar-refractivity contribution in [3.63, 3.8) is 0 Å². The van der Waals surface area contributed by atoms with Crippen LogP contribution in [0.2, 0.25) is 0 Å². The number of rotatable bonds is 2. The van der Waals surface area contributed by atoms with Gasteiger partial charge in [0.1, 0.15) is 0 Å². The van der Waals surface area contributed by atoms with Crippen molar-refractivity contribution < 1.29 is 35.7 Å². The van der Waals surface area contributed by atoms with Crippen molar-refractivity contribution in [1.82, 2.24) is 0 Å². The molecule has 0 aliphatic carbocycles. The van der Waals surface area contributed by atoms with Gasteiger partial charge in [-0.25, -0.2) is 4.39 Å². The van der Waals surface area contributed by atoms with Gasteiger partial charge in [0.2, 0.25) is 0 Å². The molecule has 0 bridgehead atoms. The zero-order valence-electron chi connectivity index (χ0n) is 9.64. The van der Waals surface area contributed by atoms with Gasteiger partial charge in [-0.15, -0.1) is 0 Å². The van der Waals surface area contributed by atoms with Crippen molar-refractivity contribution in [2.45, 2.75) is 24.9 Å². The highest BCUT2D eigenvalue weighted by atomic mass is 19.4. The first-order valence-electron chi connectivity index (χ1n) is 4.90. The molecule has 1 rings (SSSR count). The van der Waals surface area contributed by atoms with Gasteiger partial charge in [0.05, 0.1) is 4.92 Å². The Morgan fingerprint density at radius 3 is 1.75 bits per heavy atom. The molecule has 0 amide bonds. The van der Waals surface area contributed by atoms with E-state index in [0.717, 1.165) is 6.92 Å². The lowest BCUT2D eigenvalue weighted by molar-refractivity contribution is -0.385. The number of nitrogens with zero attached hydrogens (tertiary/aromatic N) is 1. The highest BCUT2D eigenvalue weighted by Gasteiger charge is 2.73. The number of aryl methyl sites for hydroxylation is 1. The van der Waals surface area contributed by atoms with Crippen LogP contribution in [-0.2, 0) is 5.67 Å². The van der Waals surface area contributed by atoms with Gasteiger partial charge in [-0.3, -0.25) is 10.1 Å². The standard InChI is InChI=1S/C10H6F7NO2/c1-5-4-6(18(19)20)2-3-7(5)8(11,9(12,13)14)10(15,16)17/h2-4H,1H3. The molecule has 0 fully saturated rings. The van der Waals surface area contributed by atoms with E-state index in [1.54, 1.807) is 0 Å². The molecule has 0 N–H and O–H groups in total. The Labute approximate surface area is 107 Å². The third kappa shape index (κ3) is 2.41. The summed E-state index contributed by atoms with van der Waals surface area (Å²) in [7, 11) is 0. The maximum Gasteiger partial charge on any atom is 0.435 e. The second kappa shape index (κ2) is 4.60. The minimum absolute atomic E-state index is 0.119. The molecular weight excluding hydrogens is 299 g/mol. The highest BCUT2D eigenvalue weighted by molar-refractivity contribution is 5.43. The first kappa shape index (κ1) is 16.2. The van der Waals surface area contributed by atoms with E-state index in [0.29, 0.717) is 12.1 Å². The number of hydrogen-bond donors (Lipinski definition) is 0. The van der Waals surface area contributed by atoms with Crippen LogP contribution < -0.4 is 0 Å². The molecule has 0 spiro atoms. The molecule has 112 valence electrons. The summed E-state index contributed by atoms with van der Waals surface area (Å²) in [5.41, 5.74) is -8.86. The van der Waals surface area contributed by atoms with E-state index in [9.17, 15) is 40.8 Å². The largest absolute Gasteiger partial charge is 0.435 e. The number of hydrogen-bond acceptors (Lipinski definition) is 2. The predicted molar refractivity (Wildman–Crippen MR) is 52.7 cm³/mol. The fourth-order valence-corrected chi connectivity index (χ4v) is 1.61. The number of benzene rings is 1. The van der Waals surface area contributed by atoms with Crippen LogP contribution >= 0.6 is 0 Å². The molecule has 0 saturated heterocycles. The SMILES string of the molecule is Cc1cc([N+](=O)[O-])ccc1C(F)(C(F)(F)F)C(F)(F)F. The molecule has 0 aromatic heterocycles. The molecule has 0 atom stereocenters. The predicted octanol–water partition coefficient (Wildman–Crippen LogP) is 4.19. The summed E-state index contributed by atoms with van der Waals surface area (Å²) < 4.78 is 88.7. The average molecular weight is 305 g/mol. The summed E-state index contributed by atoms with van der Waals surface area (Å²) in [5.74, 6) is 0. The Hall–Kier alpha value is -1.87. The summed E-state index contributed by atoms with van der Waals surface area (Å²) in [6.07, 6.45) is -12.5. The lowest BCUT2D eigenvalue weighted by Crippen LogP contribution is -2.50. The van der Waals surface area contributed by atoms with Gasteiger partial charge in [0.25, 0.3) is 5.69 Å². The fraction of sp³-hybridized carbons (Fsp3) is 0.400. The maximum atomic E-state index is 13.7. The van der Waals surface area contributed by atoms with Crippen molar-refractivity contribution >= 4 is 5.69 Å². The first-order valence-corrected chi connectivity index (χ1v) is 4.90. The van der Waals surface area contributed by atoms with Gasteiger partial charge in [-0.05, 0) is 18.6 Å². The van der Waals surface area contributed by atoms with Crippen LogP contribution in [0.1, 0.15) is 11.1 Å². The van der Waals surface area contributed by atoms with Crippen LogP contribution in [0.3, 0.4) is 0 Å². The minimum Gasteiger partial charge on any atom is -0.258 e. The number of alkyl halides is 7. The molecular formula is C10H6F7NO2. The monoisotopic (exact) mass is 305 g/mol. The second-order valence-electron chi connectivity index (χ2n) is 3.91. The minimum atomic E-state index is -6.24. The van der Waals surface area contributed by atoms with Crippen molar-refractivity contribution in [2.75, 3.05) is 0 Å². The first-order chi connectivity index (χ1) is 8.82. The third-order valence-corrected chi connectivity index (χ3v) is 2.57. The molecule has 3 nitrogen and oxygen atoms in total. The Morgan fingerprint density at radius 1 is 1.00 bits per heavy atom. The van der Waals surface area contributed by atoms with E-state index in [1.165, 1.54) is 0 Å². The average Bonchev–Trinajstić information content (AvgIpc) is 2.24. The molecule has 0 saturated carbocycles. The van der Waals surface area contributed by atoms with Gasteiger partial charge < -0.3 is 0 Å². The maximum absolute atomic E-state index is 13.7. The van der Waals surface area contributed by atoms with Gasteiger partial charge >= 0.3 is 18.0 Å². The topological polar surface area (TPSA) is 43.1 Å². The van der Waals surface area contributed by atoms with Crippen LogP contribution in [-0.4, -0.2) is 17.3 Å². The normalized spacial score (nSPS) is 13.4. The quantitative estimate of drug-likeness (QED) is 0.467. The third-order valence-electron chi connectivity index (χ3n) is 2.57. The summed E-state index contributed by atoms with van der Waals surface area (Å²) in [4.78, 5) is 9.36. The van der Waals surface area contributed by atoms with E-state index in [-0.39, 0.29) is 6.07 Å². The highest BCUT2D eigenvalue weighted by Crippen LogP contribution is 2.54. The summed E-state index contributed by atoms with van der Waals surface area (Å²) in [6, 6.07) is 0.948. The molecule has 0 aliphatic rings. The van der Waals surface area contributed by atoms with Crippen molar-refractivity contribution in [3.05, 3.63) is 39.4 Å². The number of nitro groups is 1. The molecule has 0 unspecified atom stereocenters. The van der Waals surface area contributed by atoms with Crippen molar-refractivity contribution in [3.8, 4) is 0 Å². The number of non-ortho nitro benzene ring substituents is 1. The number of nitro benzene ring substituents is 1. The molecule has 0 aliphatic heterocycles. The molecule has 10 heteroatoms. The van der Waals surface area contributed by atoms with Crippen LogP contribution in [0, 0.1) is 17.0 Å². The van der Waals surface area contributed by atoms with Crippen LogP contribution in [0.25, 0.3) is 0 Å². The second-order valence-corrected chi connectivity index (χ2v) is 3.91. The lowest BCUT2D eigenvalue weighted by atomic mass is 9.90. The molecule has 0 radical (unpaired) electrons. The Kier molecular flexibility index (Phi) is 3.72. The molecule has 1 aromatic carbocycles. The van der Waals surface area contributed by atoms with Crippen LogP contribution in [0.15, 0.2) is 18.2 Å². The summed E-state index contributed by atoms with van der Waals surface area (Å²) in [6.45, 7) is 0.730. The van der Waals surface area contributed by atoms with Gasteiger partial charge in [-0.1, -0.05) is 0 Å². The zero-order chi connectivity index (χ0) is 15.9. The van der Waals surface area contributed by atoms with Gasteiger partial charge in [-0.2, -0.15) is 26.3 Å². The smallest absolute Gasteiger partial charge is 0.258 e. The van der Waals surface area contributed by atoms with E-state index < -0.39 is 39.8 Å². The summed E-state index contributed by atoms with van der Waals surface area (Å²) in [5, 5.41) is 10.4. The van der Waals surface area contributed by atoms with Gasteiger partial charge in [0.15, 0.2) is 0 Å². The van der Waals surface area contributed by atoms with E-state index in [4.69, 9.17) is 0 Å². The molecule has 0 heterocycles.